The Morgan fingerprint density at radius 1 is 1.20 bits per heavy atom. The number of methoxy groups -OCH3 is 1. The number of halogens is 1. The molecule has 0 rings (SSSR count). The monoisotopic (exact) mass is 232 g/mol. The fourth-order valence-electron chi connectivity index (χ4n) is 1.12. The van der Waals surface area contributed by atoms with E-state index in [1.54, 1.807) is 7.11 Å². The highest BCUT2D eigenvalue weighted by molar-refractivity contribution is 6.18. The lowest BCUT2D eigenvalue weighted by molar-refractivity contribution is -0.0211. The van der Waals surface area contributed by atoms with Crippen LogP contribution in [0.5, 0.6) is 0 Å². The Morgan fingerprint density at radius 2 is 1.93 bits per heavy atom. The summed E-state index contributed by atoms with van der Waals surface area (Å²) in [5.41, 5.74) is 2.58. The quantitative estimate of drug-likeness (QED) is 0.276. The average molecular weight is 233 g/mol. The fourth-order valence-corrected chi connectivity index (χ4v) is 1.39. The van der Waals surface area contributed by atoms with E-state index in [4.69, 9.17) is 21.1 Å². The van der Waals surface area contributed by atoms with Gasteiger partial charge >= 0.3 is 0 Å². The minimum atomic E-state index is 0.357. The molecule has 0 aliphatic carbocycles. The van der Waals surface area contributed by atoms with Gasteiger partial charge in [-0.1, -0.05) is 23.3 Å². The van der Waals surface area contributed by atoms with Crippen LogP contribution in [-0.4, -0.2) is 26.4 Å². The van der Waals surface area contributed by atoms with Crippen molar-refractivity contribution in [1.29, 1.82) is 0 Å². The van der Waals surface area contributed by atoms with Crippen LogP contribution in [-0.2, 0) is 9.47 Å². The van der Waals surface area contributed by atoms with Gasteiger partial charge in [0.15, 0.2) is 0 Å². The molecule has 0 spiro atoms. The van der Waals surface area contributed by atoms with E-state index in [-0.39, 0.29) is 0 Å². The molecular formula is C12H21ClO2. The Bertz CT molecular complexity index is 210. The Balaban J connectivity index is 3.62. The number of alkyl halides is 1. The molecule has 0 unspecified atom stereocenters. The van der Waals surface area contributed by atoms with Crippen molar-refractivity contribution in [1.82, 2.24) is 0 Å². The first-order valence-corrected chi connectivity index (χ1v) is 5.68. The summed E-state index contributed by atoms with van der Waals surface area (Å²) in [6.45, 7) is 5.17. The third kappa shape index (κ3) is 9.98. The van der Waals surface area contributed by atoms with E-state index in [9.17, 15) is 0 Å². The summed E-state index contributed by atoms with van der Waals surface area (Å²) >= 11 is 5.60. The van der Waals surface area contributed by atoms with Gasteiger partial charge in [0, 0.05) is 13.0 Å². The van der Waals surface area contributed by atoms with Crippen molar-refractivity contribution in [2.45, 2.75) is 26.7 Å². The number of allylic oxidation sites excluding steroid dienone is 3. The van der Waals surface area contributed by atoms with Gasteiger partial charge in [0.1, 0.15) is 6.79 Å². The number of ether oxygens (including phenoxy) is 2. The Hall–Kier alpha value is -0.310. The molecule has 0 aromatic heterocycles. The molecule has 0 aliphatic heterocycles. The molecule has 2 nitrogen and oxygen atoms in total. The van der Waals surface area contributed by atoms with Crippen molar-refractivity contribution in [2.24, 2.45) is 0 Å². The van der Waals surface area contributed by atoms with Gasteiger partial charge in [-0.25, -0.2) is 0 Å². The summed E-state index contributed by atoms with van der Waals surface area (Å²) in [5, 5.41) is 0. The molecule has 0 fully saturated rings. The maximum Gasteiger partial charge on any atom is 0.146 e. The Kier molecular flexibility index (Phi) is 10.0. The molecule has 0 aromatic carbocycles. The fraction of sp³-hybridized carbons (Fsp3) is 0.667. The predicted octanol–water partition coefficient (Wildman–Crippen LogP) is 3.52. The van der Waals surface area contributed by atoms with E-state index in [0.29, 0.717) is 19.3 Å². The van der Waals surface area contributed by atoms with Gasteiger partial charge in [-0.3, -0.25) is 0 Å². The second kappa shape index (κ2) is 10.2. The molecular weight excluding hydrogens is 212 g/mol. The molecule has 0 heterocycles. The largest absolute Gasteiger partial charge is 0.359 e. The first-order chi connectivity index (χ1) is 7.20. The number of rotatable bonds is 8. The van der Waals surface area contributed by atoms with Crippen molar-refractivity contribution in [3.05, 3.63) is 23.3 Å². The standard InChI is InChI=1S/C12H21ClO2/c1-11(7-8-13)5-4-6-12(2)9-15-10-14-3/h6-7H,4-5,8-10H2,1-3H3. The van der Waals surface area contributed by atoms with Crippen LogP contribution in [0.4, 0.5) is 0 Å². The van der Waals surface area contributed by atoms with Crippen LogP contribution in [0.25, 0.3) is 0 Å². The average Bonchev–Trinajstić information content (AvgIpc) is 2.18. The van der Waals surface area contributed by atoms with Crippen molar-refractivity contribution in [3.63, 3.8) is 0 Å². The summed E-state index contributed by atoms with van der Waals surface area (Å²) in [5.74, 6) is 0.603. The second-order valence-electron chi connectivity index (χ2n) is 3.55. The van der Waals surface area contributed by atoms with E-state index in [1.165, 1.54) is 11.1 Å². The predicted molar refractivity (Wildman–Crippen MR) is 65.3 cm³/mol. The third-order valence-corrected chi connectivity index (χ3v) is 2.14. The van der Waals surface area contributed by atoms with Gasteiger partial charge in [0.25, 0.3) is 0 Å². The van der Waals surface area contributed by atoms with E-state index in [0.717, 1.165) is 12.8 Å². The van der Waals surface area contributed by atoms with E-state index in [2.05, 4.69) is 19.9 Å². The van der Waals surface area contributed by atoms with Crippen LogP contribution in [0.1, 0.15) is 26.7 Å². The lowest BCUT2D eigenvalue weighted by Gasteiger charge is -2.03. The molecule has 0 bridgehead atoms. The number of hydrogen-bond donors (Lipinski definition) is 0. The van der Waals surface area contributed by atoms with Crippen LogP contribution in [0.3, 0.4) is 0 Å². The molecule has 0 aliphatic rings. The normalized spacial score (nSPS) is 13.3. The van der Waals surface area contributed by atoms with E-state index >= 15 is 0 Å². The Labute approximate surface area is 97.9 Å². The minimum Gasteiger partial charge on any atom is -0.359 e. The summed E-state index contributed by atoms with van der Waals surface area (Å²) in [6.07, 6.45) is 6.35. The van der Waals surface area contributed by atoms with Gasteiger partial charge in [-0.15, -0.1) is 11.6 Å². The van der Waals surface area contributed by atoms with E-state index in [1.807, 2.05) is 6.08 Å². The second-order valence-corrected chi connectivity index (χ2v) is 3.86. The van der Waals surface area contributed by atoms with Crippen LogP contribution in [0, 0.1) is 0 Å². The van der Waals surface area contributed by atoms with Crippen molar-refractivity contribution in [2.75, 3.05) is 26.4 Å². The van der Waals surface area contributed by atoms with Gasteiger partial charge in [-0.05, 0) is 26.7 Å². The van der Waals surface area contributed by atoms with Crippen molar-refractivity contribution < 1.29 is 9.47 Å². The first-order valence-electron chi connectivity index (χ1n) is 5.14. The topological polar surface area (TPSA) is 18.5 Å². The molecule has 0 saturated heterocycles. The van der Waals surface area contributed by atoms with Gasteiger partial charge < -0.3 is 9.47 Å². The third-order valence-electron chi connectivity index (χ3n) is 1.99. The zero-order valence-electron chi connectivity index (χ0n) is 9.88. The molecule has 15 heavy (non-hydrogen) atoms. The SMILES string of the molecule is COCOCC(C)=CCCC(C)=CCCl. The molecule has 88 valence electrons. The summed E-state index contributed by atoms with van der Waals surface area (Å²) < 4.78 is 10.0. The van der Waals surface area contributed by atoms with Gasteiger partial charge in [0.05, 0.1) is 6.61 Å². The first kappa shape index (κ1) is 14.7. The Morgan fingerprint density at radius 3 is 2.53 bits per heavy atom. The van der Waals surface area contributed by atoms with Crippen LogP contribution >= 0.6 is 11.6 Å². The van der Waals surface area contributed by atoms with Gasteiger partial charge in [-0.2, -0.15) is 0 Å². The molecule has 0 radical (unpaired) electrons. The lowest BCUT2D eigenvalue weighted by Crippen LogP contribution is -1.99. The highest BCUT2D eigenvalue weighted by atomic mass is 35.5. The molecule has 0 amide bonds. The van der Waals surface area contributed by atoms with Crippen molar-refractivity contribution >= 4 is 11.6 Å². The summed E-state index contributed by atoms with van der Waals surface area (Å²) in [6, 6.07) is 0. The van der Waals surface area contributed by atoms with Gasteiger partial charge in [0.2, 0.25) is 0 Å². The van der Waals surface area contributed by atoms with Crippen LogP contribution in [0.15, 0.2) is 23.3 Å². The zero-order valence-corrected chi connectivity index (χ0v) is 10.6. The highest BCUT2D eigenvalue weighted by Gasteiger charge is 1.91. The smallest absolute Gasteiger partial charge is 0.146 e. The zero-order chi connectivity index (χ0) is 11.5. The van der Waals surface area contributed by atoms with Crippen LogP contribution < -0.4 is 0 Å². The van der Waals surface area contributed by atoms with Crippen molar-refractivity contribution in [3.8, 4) is 0 Å². The van der Waals surface area contributed by atoms with Crippen LogP contribution in [0.2, 0.25) is 0 Å². The maximum atomic E-state index is 5.60. The molecule has 0 saturated carbocycles. The maximum absolute atomic E-state index is 5.60. The molecule has 0 aromatic rings. The minimum absolute atomic E-state index is 0.357. The molecule has 0 atom stereocenters. The highest BCUT2D eigenvalue weighted by Crippen LogP contribution is 2.07. The number of hydrogen-bond acceptors (Lipinski definition) is 2. The van der Waals surface area contributed by atoms with E-state index < -0.39 is 0 Å². The summed E-state index contributed by atoms with van der Waals surface area (Å²) in [4.78, 5) is 0. The molecule has 0 N–H and O–H groups in total. The lowest BCUT2D eigenvalue weighted by atomic mass is 10.1. The molecule has 3 heteroatoms. The summed E-state index contributed by atoms with van der Waals surface area (Å²) in [7, 11) is 1.62.